The number of halogens is 4. The van der Waals surface area contributed by atoms with E-state index in [9.17, 15) is 22.8 Å². The molecule has 3 rings (SSSR count). The van der Waals surface area contributed by atoms with Crippen molar-refractivity contribution in [3.8, 4) is 5.82 Å². The van der Waals surface area contributed by atoms with E-state index in [1.807, 2.05) is 0 Å². The van der Waals surface area contributed by atoms with Gasteiger partial charge in [-0.3, -0.25) is 4.79 Å². The average Bonchev–Trinajstić information content (AvgIpc) is 3.24. The summed E-state index contributed by atoms with van der Waals surface area (Å²) in [5.41, 5.74) is -1.20. The molecule has 0 radical (unpaired) electrons. The first kappa shape index (κ1) is 22.9. The van der Waals surface area contributed by atoms with Crippen molar-refractivity contribution in [2.45, 2.75) is 19.1 Å². The van der Waals surface area contributed by atoms with E-state index in [1.165, 1.54) is 30.5 Å². The van der Waals surface area contributed by atoms with Gasteiger partial charge in [0.1, 0.15) is 24.0 Å². The van der Waals surface area contributed by atoms with Crippen molar-refractivity contribution in [2.75, 3.05) is 12.4 Å². The highest BCUT2D eigenvalue weighted by atomic mass is 35.5. The highest BCUT2D eigenvalue weighted by molar-refractivity contribution is 6.33. The smallest absolute Gasteiger partial charge is 0.354 e. The number of nitrogens with zero attached hydrogens (tertiary/aromatic N) is 6. The second-order valence-corrected chi connectivity index (χ2v) is 6.65. The molecule has 0 aliphatic heterocycles. The van der Waals surface area contributed by atoms with E-state index in [2.05, 4.69) is 41.0 Å². The number of amides is 3. The maximum Gasteiger partial charge on any atom is 0.433 e. The lowest BCUT2D eigenvalue weighted by Crippen LogP contribution is -2.33. The lowest BCUT2D eigenvalue weighted by atomic mass is 10.3. The number of anilines is 1. The van der Waals surface area contributed by atoms with Crippen LogP contribution in [0.15, 0.2) is 31.0 Å². The average molecular weight is 470 g/mol. The van der Waals surface area contributed by atoms with Gasteiger partial charge in [-0.15, -0.1) is 0 Å². The Morgan fingerprint density at radius 3 is 2.53 bits per heavy atom. The molecule has 1 atom stereocenters. The fraction of sp³-hybridized carbons (Fsp3) is 0.235. The summed E-state index contributed by atoms with van der Waals surface area (Å²) >= 11 is 5.82. The first-order valence-electron chi connectivity index (χ1n) is 8.84. The number of aromatic nitrogens is 6. The monoisotopic (exact) mass is 469 g/mol. The van der Waals surface area contributed by atoms with Crippen LogP contribution in [0.1, 0.15) is 35.0 Å². The van der Waals surface area contributed by atoms with Crippen molar-refractivity contribution in [3.63, 3.8) is 0 Å². The van der Waals surface area contributed by atoms with Crippen LogP contribution < -0.4 is 16.0 Å². The van der Waals surface area contributed by atoms with Crippen molar-refractivity contribution in [2.24, 2.45) is 0 Å². The number of nitrogens with one attached hydrogen (secondary N) is 3. The Morgan fingerprint density at radius 1 is 1.12 bits per heavy atom. The minimum Gasteiger partial charge on any atom is -0.354 e. The van der Waals surface area contributed by atoms with E-state index in [4.69, 9.17) is 11.6 Å². The summed E-state index contributed by atoms with van der Waals surface area (Å²) in [7, 11) is 1.45. The van der Waals surface area contributed by atoms with Gasteiger partial charge in [0.05, 0.1) is 22.9 Å². The number of rotatable bonds is 5. The van der Waals surface area contributed by atoms with Gasteiger partial charge in [0.2, 0.25) is 0 Å². The third-order valence-electron chi connectivity index (χ3n) is 4.03. The first-order chi connectivity index (χ1) is 15.1. The van der Waals surface area contributed by atoms with Crippen molar-refractivity contribution in [1.29, 1.82) is 0 Å². The summed E-state index contributed by atoms with van der Waals surface area (Å²) < 4.78 is 39.4. The molecule has 0 bridgehead atoms. The van der Waals surface area contributed by atoms with Crippen LogP contribution in [0.2, 0.25) is 5.02 Å². The topological polar surface area (TPSA) is 140 Å². The van der Waals surface area contributed by atoms with Crippen LogP contribution in [-0.4, -0.2) is 48.7 Å². The molecule has 11 nitrogen and oxygen atoms in total. The van der Waals surface area contributed by atoms with Gasteiger partial charge in [0.15, 0.2) is 11.6 Å². The Bertz CT molecular complexity index is 1150. The Morgan fingerprint density at radius 2 is 1.88 bits per heavy atom. The van der Waals surface area contributed by atoms with E-state index >= 15 is 0 Å². The highest BCUT2D eigenvalue weighted by Gasteiger charge is 2.33. The maximum absolute atomic E-state index is 12.7. The number of carbonyl (C=O) groups is 2. The normalized spacial score (nSPS) is 12.2. The molecule has 0 aromatic carbocycles. The van der Waals surface area contributed by atoms with Crippen molar-refractivity contribution >= 4 is 29.2 Å². The zero-order valence-electron chi connectivity index (χ0n) is 16.5. The standard InChI is InChI=1S/C17H15ClF3N9O2/c1-8(28-16(32)29-11-5-23-12(3-9(11)18)17(19,20)21)14-26-7-27-30(14)13-4-10(15(31)22-2)24-6-25-13/h3-8H,1-2H3,(H,22,31)(H2,28,29,32)/t8-/m0/s1. The second kappa shape index (κ2) is 9.13. The van der Waals surface area contributed by atoms with E-state index in [0.29, 0.717) is 6.07 Å². The molecule has 3 N–H and O–H groups in total. The fourth-order valence-corrected chi connectivity index (χ4v) is 2.73. The van der Waals surface area contributed by atoms with Gasteiger partial charge < -0.3 is 16.0 Å². The van der Waals surface area contributed by atoms with Crippen molar-refractivity contribution in [3.05, 3.63) is 53.2 Å². The van der Waals surface area contributed by atoms with E-state index in [0.717, 1.165) is 6.20 Å². The lowest BCUT2D eigenvalue weighted by molar-refractivity contribution is -0.141. The van der Waals surface area contributed by atoms with Gasteiger partial charge in [0, 0.05) is 13.1 Å². The highest BCUT2D eigenvalue weighted by Crippen LogP contribution is 2.31. The molecular weight excluding hydrogens is 455 g/mol. The van der Waals surface area contributed by atoms with Crippen molar-refractivity contribution in [1.82, 2.24) is 40.3 Å². The third-order valence-corrected chi connectivity index (χ3v) is 4.34. The Hall–Kier alpha value is -3.81. The zero-order chi connectivity index (χ0) is 23.5. The third kappa shape index (κ3) is 5.08. The molecule has 0 saturated carbocycles. The molecule has 3 aromatic rings. The molecule has 0 fully saturated rings. The minimum absolute atomic E-state index is 0.0988. The maximum atomic E-state index is 12.7. The van der Waals surface area contributed by atoms with Crippen LogP contribution in [0.5, 0.6) is 0 Å². The van der Waals surface area contributed by atoms with E-state index in [-0.39, 0.29) is 28.0 Å². The SMILES string of the molecule is CNC(=O)c1cc(-n2ncnc2[C@H](C)NC(=O)Nc2cnc(C(F)(F)F)cc2Cl)ncn1. The van der Waals surface area contributed by atoms with Crippen LogP contribution in [-0.2, 0) is 6.18 Å². The quantitative estimate of drug-likeness (QED) is 0.521. The Balaban J connectivity index is 1.74. The summed E-state index contributed by atoms with van der Waals surface area (Å²) in [6, 6.07) is 0.495. The van der Waals surface area contributed by atoms with Crippen LogP contribution in [0.3, 0.4) is 0 Å². The van der Waals surface area contributed by atoms with E-state index < -0.39 is 29.9 Å². The minimum atomic E-state index is -4.66. The molecule has 0 unspecified atom stereocenters. The number of hydrogen-bond acceptors (Lipinski definition) is 7. The number of alkyl halides is 3. The molecule has 0 saturated heterocycles. The molecule has 3 aromatic heterocycles. The molecule has 32 heavy (non-hydrogen) atoms. The predicted molar refractivity (Wildman–Crippen MR) is 105 cm³/mol. The van der Waals surface area contributed by atoms with Gasteiger partial charge in [-0.05, 0) is 13.0 Å². The molecule has 15 heteroatoms. The fourth-order valence-electron chi connectivity index (χ4n) is 2.53. The predicted octanol–water partition coefficient (Wildman–Crippen LogP) is 2.37. The lowest BCUT2D eigenvalue weighted by Gasteiger charge is -2.16. The van der Waals surface area contributed by atoms with Gasteiger partial charge in [0.25, 0.3) is 5.91 Å². The zero-order valence-corrected chi connectivity index (χ0v) is 17.2. The summed E-state index contributed by atoms with van der Waals surface area (Å²) in [5, 5.41) is 11.0. The molecule has 3 amide bonds. The van der Waals surface area contributed by atoms with Crippen LogP contribution in [0.4, 0.5) is 23.7 Å². The Kier molecular flexibility index (Phi) is 6.53. The van der Waals surface area contributed by atoms with Gasteiger partial charge in [-0.1, -0.05) is 11.6 Å². The Labute approximate surface area is 183 Å². The molecule has 0 aliphatic carbocycles. The molecule has 0 aliphatic rings. The van der Waals surface area contributed by atoms with E-state index in [1.54, 1.807) is 6.92 Å². The largest absolute Gasteiger partial charge is 0.433 e. The number of urea groups is 1. The van der Waals surface area contributed by atoms with Gasteiger partial charge >= 0.3 is 12.2 Å². The summed E-state index contributed by atoms with van der Waals surface area (Å²) in [6.07, 6.45) is -1.46. The number of hydrogen-bond donors (Lipinski definition) is 3. The number of pyridine rings is 1. The number of carbonyl (C=O) groups excluding carboxylic acids is 2. The van der Waals surface area contributed by atoms with Gasteiger partial charge in [-0.2, -0.15) is 23.0 Å². The summed E-state index contributed by atoms with van der Waals surface area (Å²) in [5.74, 6) is 0.0661. The van der Waals surface area contributed by atoms with Crippen LogP contribution in [0, 0.1) is 0 Å². The molecular formula is C17H15ClF3N9O2. The van der Waals surface area contributed by atoms with Crippen molar-refractivity contribution < 1.29 is 22.8 Å². The molecule has 168 valence electrons. The molecule has 3 heterocycles. The molecule has 0 spiro atoms. The summed E-state index contributed by atoms with van der Waals surface area (Å²) in [4.78, 5) is 39.4. The second-order valence-electron chi connectivity index (χ2n) is 6.24. The first-order valence-corrected chi connectivity index (χ1v) is 9.22. The summed E-state index contributed by atoms with van der Waals surface area (Å²) in [6.45, 7) is 1.59. The van der Waals surface area contributed by atoms with Crippen LogP contribution >= 0.6 is 11.6 Å². The van der Waals surface area contributed by atoms with Gasteiger partial charge in [-0.25, -0.2) is 24.7 Å². The van der Waals surface area contributed by atoms with Crippen LogP contribution in [0.25, 0.3) is 5.82 Å².